The summed E-state index contributed by atoms with van der Waals surface area (Å²) >= 11 is 6.44. The van der Waals surface area contributed by atoms with Crippen molar-refractivity contribution in [2.75, 3.05) is 16.9 Å². The Morgan fingerprint density at radius 2 is 1.72 bits per heavy atom. The Balaban J connectivity index is 1.69. The average molecular weight is 549 g/mol. The summed E-state index contributed by atoms with van der Waals surface area (Å²) in [6, 6.07) is 18.5. The van der Waals surface area contributed by atoms with Gasteiger partial charge in [0, 0.05) is 41.9 Å². The molecule has 1 aliphatic rings. The number of rotatable bonds is 8. The van der Waals surface area contributed by atoms with Crippen molar-refractivity contribution in [3.63, 3.8) is 0 Å². The molecule has 9 heteroatoms. The lowest BCUT2D eigenvalue weighted by molar-refractivity contribution is -0.137. The second kappa shape index (κ2) is 11.7. The average Bonchev–Trinajstić information content (AvgIpc) is 2.91. The number of carbonyl (C=O) groups excluding carboxylic acids is 3. The Labute approximate surface area is 231 Å². The zero-order valence-electron chi connectivity index (χ0n) is 21.9. The highest BCUT2D eigenvalue weighted by Crippen LogP contribution is 2.43. The molecule has 3 aromatic carbocycles. The zero-order valence-corrected chi connectivity index (χ0v) is 22.6. The molecule has 1 aliphatic heterocycles. The number of carbonyl (C=O) groups is 4. The van der Waals surface area contributed by atoms with Crippen LogP contribution in [0, 0.1) is 0 Å². The molecular formula is C30H29ClN2O6. The number of hydrogen-bond donors (Lipinski definition) is 1. The van der Waals surface area contributed by atoms with Crippen LogP contribution >= 0.6 is 11.6 Å². The van der Waals surface area contributed by atoms with E-state index in [0.717, 1.165) is 5.56 Å². The molecule has 0 radical (unpaired) electrons. The Morgan fingerprint density at radius 1 is 1.03 bits per heavy atom. The second-order valence-corrected chi connectivity index (χ2v) is 9.84. The van der Waals surface area contributed by atoms with Crippen LogP contribution in [0.1, 0.15) is 65.4 Å². The van der Waals surface area contributed by atoms with Gasteiger partial charge in [-0.25, -0.2) is 0 Å². The van der Waals surface area contributed by atoms with Gasteiger partial charge in [-0.15, -0.1) is 0 Å². The molecule has 0 saturated carbocycles. The number of carboxylic acids is 1. The number of ether oxygens (including phenoxy) is 1. The van der Waals surface area contributed by atoms with Gasteiger partial charge in [-0.2, -0.15) is 0 Å². The fourth-order valence-corrected chi connectivity index (χ4v) is 5.30. The van der Waals surface area contributed by atoms with Crippen molar-refractivity contribution in [2.45, 2.75) is 45.2 Å². The third-order valence-electron chi connectivity index (χ3n) is 6.86. The van der Waals surface area contributed by atoms with Gasteiger partial charge in [0.25, 0.3) is 5.91 Å². The topological polar surface area (TPSA) is 104 Å². The molecule has 1 N–H and O–H groups in total. The predicted octanol–water partition coefficient (Wildman–Crippen LogP) is 5.93. The lowest BCUT2D eigenvalue weighted by Gasteiger charge is -2.43. The van der Waals surface area contributed by atoms with Gasteiger partial charge in [-0.3, -0.25) is 19.2 Å². The Bertz CT molecular complexity index is 1420. The van der Waals surface area contributed by atoms with Crippen LogP contribution in [0.3, 0.4) is 0 Å². The van der Waals surface area contributed by atoms with E-state index in [1.54, 1.807) is 53.3 Å². The van der Waals surface area contributed by atoms with Crippen LogP contribution in [0.4, 0.5) is 11.4 Å². The maximum Gasteiger partial charge on any atom is 0.303 e. The van der Waals surface area contributed by atoms with E-state index in [-0.39, 0.29) is 47.1 Å². The van der Waals surface area contributed by atoms with Crippen molar-refractivity contribution in [2.24, 2.45) is 0 Å². The first kappa shape index (κ1) is 27.9. The fraction of sp³-hybridized carbons (Fsp3) is 0.267. The van der Waals surface area contributed by atoms with Crippen LogP contribution in [0.5, 0.6) is 5.75 Å². The van der Waals surface area contributed by atoms with Gasteiger partial charge in [0.05, 0.1) is 24.6 Å². The van der Waals surface area contributed by atoms with Crippen molar-refractivity contribution >= 4 is 46.5 Å². The van der Waals surface area contributed by atoms with Gasteiger partial charge in [-0.05, 0) is 67.4 Å². The van der Waals surface area contributed by atoms with Gasteiger partial charge in [-0.1, -0.05) is 29.8 Å². The number of fused-ring (bicyclic) bond motifs is 1. The monoisotopic (exact) mass is 548 g/mol. The standard InChI is InChI=1S/C30H29ClN2O6/c1-18-16-27(33(19(2)34)21-10-13-23(25(31)17-21)28(35)14-15-29(36)37)24-6-4-5-7-26(24)32(18)30(38)20-8-11-22(39-3)12-9-20/h4-13,17-18,27H,14-16H2,1-3H3,(H,36,37)/t18-,27+/m0/s1. The van der Waals surface area contributed by atoms with Crippen LogP contribution in [0.15, 0.2) is 66.7 Å². The van der Waals surface area contributed by atoms with E-state index in [2.05, 4.69) is 0 Å². The van der Waals surface area contributed by atoms with E-state index in [0.29, 0.717) is 29.1 Å². The van der Waals surface area contributed by atoms with E-state index in [4.69, 9.17) is 21.4 Å². The number of methoxy groups -OCH3 is 1. The summed E-state index contributed by atoms with van der Waals surface area (Å²) in [5, 5.41) is 9.02. The highest BCUT2D eigenvalue weighted by Gasteiger charge is 2.38. The summed E-state index contributed by atoms with van der Waals surface area (Å²) in [6.45, 7) is 3.40. The molecular weight excluding hydrogens is 520 g/mol. The van der Waals surface area contributed by atoms with Crippen molar-refractivity contribution in [3.8, 4) is 5.75 Å². The van der Waals surface area contributed by atoms with Crippen molar-refractivity contribution < 1.29 is 29.0 Å². The highest BCUT2D eigenvalue weighted by molar-refractivity contribution is 6.34. The Kier molecular flexibility index (Phi) is 8.35. The molecule has 2 atom stereocenters. The number of aliphatic carboxylic acids is 1. The fourth-order valence-electron chi connectivity index (χ4n) is 5.02. The first-order valence-corrected chi connectivity index (χ1v) is 12.9. The summed E-state index contributed by atoms with van der Waals surface area (Å²) in [5.74, 6) is -1.17. The van der Waals surface area contributed by atoms with E-state index in [9.17, 15) is 19.2 Å². The molecule has 0 spiro atoms. The molecule has 4 rings (SSSR count). The third kappa shape index (κ3) is 5.81. The minimum absolute atomic E-state index is 0.141. The van der Waals surface area contributed by atoms with Crippen LogP contribution in [0.2, 0.25) is 5.02 Å². The number of hydrogen-bond acceptors (Lipinski definition) is 5. The molecule has 0 aromatic heterocycles. The molecule has 0 saturated heterocycles. The van der Waals surface area contributed by atoms with E-state index in [1.807, 2.05) is 31.2 Å². The van der Waals surface area contributed by atoms with E-state index >= 15 is 0 Å². The smallest absolute Gasteiger partial charge is 0.303 e. The number of carboxylic acid groups (broad SMARTS) is 1. The summed E-state index contributed by atoms with van der Waals surface area (Å²) in [6.07, 6.45) is 0.00474. The van der Waals surface area contributed by atoms with Crippen LogP contribution < -0.4 is 14.5 Å². The number of nitrogens with zero attached hydrogens (tertiary/aromatic N) is 2. The van der Waals surface area contributed by atoms with E-state index < -0.39 is 12.0 Å². The van der Waals surface area contributed by atoms with Crippen LogP contribution in [0.25, 0.3) is 0 Å². The normalized spacial score (nSPS) is 16.3. The van der Waals surface area contributed by atoms with Gasteiger partial charge in [0.2, 0.25) is 5.91 Å². The van der Waals surface area contributed by atoms with Crippen molar-refractivity contribution in [1.82, 2.24) is 0 Å². The molecule has 0 aliphatic carbocycles. The number of ketones is 1. The van der Waals surface area contributed by atoms with Gasteiger partial charge >= 0.3 is 5.97 Å². The summed E-state index contributed by atoms with van der Waals surface area (Å²) in [5.41, 5.74) is 2.75. The Hall–Kier alpha value is -4.17. The summed E-state index contributed by atoms with van der Waals surface area (Å²) < 4.78 is 5.21. The van der Waals surface area contributed by atoms with Gasteiger partial charge in [0.15, 0.2) is 5.78 Å². The first-order chi connectivity index (χ1) is 18.6. The number of benzene rings is 3. The molecule has 1 heterocycles. The maximum absolute atomic E-state index is 13.6. The number of Topliss-reactive ketones (excluding diaryl/α,β-unsaturated/α-hetero) is 1. The SMILES string of the molecule is COc1ccc(C(=O)N2c3ccccc3[C@H](N(C(C)=O)c3ccc(C(=O)CCC(=O)O)c(Cl)c3)C[C@@H]2C)cc1. The first-order valence-electron chi connectivity index (χ1n) is 12.5. The molecule has 202 valence electrons. The molecule has 2 amide bonds. The largest absolute Gasteiger partial charge is 0.497 e. The van der Waals surface area contributed by atoms with Crippen LogP contribution in [-0.4, -0.2) is 41.8 Å². The summed E-state index contributed by atoms with van der Waals surface area (Å²) in [7, 11) is 1.57. The quantitative estimate of drug-likeness (QED) is 0.350. The highest BCUT2D eigenvalue weighted by atomic mass is 35.5. The minimum atomic E-state index is -1.07. The zero-order chi connectivity index (χ0) is 28.3. The molecule has 39 heavy (non-hydrogen) atoms. The third-order valence-corrected chi connectivity index (χ3v) is 7.18. The number of anilines is 2. The van der Waals surface area contributed by atoms with Crippen molar-refractivity contribution in [3.05, 3.63) is 88.4 Å². The lowest BCUT2D eigenvalue weighted by Crippen LogP contribution is -2.47. The molecule has 3 aromatic rings. The maximum atomic E-state index is 13.6. The lowest BCUT2D eigenvalue weighted by atomic mass is 9.89. The van der Waals surface area contributed by atoms with Gasteiger partial charge < -0.3 is 19.6 Å². The molecule has 0 unspecified atom stereocenters. The number of amides is 2. The Morgan fingerprint density at radius 3 is 2.33 bits per heavy atom. The molecule has 0 fully saturated rings. The predicted molar refractivity (Wildman–Crippen MR) is 149 cm³/mol. The van der Waals surface area contributed by atoms with Gasteiger partial charge in [0.1, 0.15) is 5.75 Å². The second-order valence-electron chi connectivity index (χ2n) is 9.43. The summed E-state index contributed by atoms with van der Waals surface area (Å²) in [4.78, 5) is 53.3. The minimum Gasteiger partial charge on any atom is -0.497 e. The van der Waals surface area contributed by atoms with Crippen LogP contribution in [-0.2, 0) is 9.59 Å². The molecule has 8 nitrogen and oxygen atoms in total. The molecule has 0 bridgehead atoms. The van der Waals surface area contributed by atoms with E-state index in [1.165, 1.54) is 13.0 Å². The number of para-hydroxylation sites is 1. The van der Waals surface area contributed by atoms with Crippen molar-refractivity contribution in [1.29, 1.82) is 0 Å². The number of halogens is 1.